The molecule has 0 bridgehead atoms. The van der Waals surface area contributed by atoms with E-state index in [1.807, 2.05) is 0 Å². The van der Waals surface area contributed by atoms with E-state index < -0.39 is 12.7 Å². The number of nitrogens with zero attached hydrogens (tertiary/aromatic N) is 2. The molecule has 1 aromatic rings. The number of likely N-dealkylation sites (tertiary alicyclic amines) is 1. The maximum absolute atomic E-state index is 13.5. The SMILES string of the molecule is CN=C(NCCc1ccccc1F)NC1CCN(CC(F)(F)F)C1.I. The summed E-state index contributed by atoms with van der Waals surface area (Å²) in [5, 5.41) is 6.18. The first-order valence-electron chi connectivity index (χ1n) is 7.87. The van der Waals surface area contributed by atoms with Crippen molar-refractivity contribution in [3.63, 3.8) is 0 Å². The second kappa shape index (κ2) is 10.1. The number of alkyl halides is 3. The Bertz CT molecular complexity index is 565. The molecule has 1 saturated heterocycles. The highest BCUT2D eigenvalue weighted by atomic mass is 127. The minimum atomic E-state index is -4.17. The molecule has 0 saturated carbocycles. The maximum atomic E-state index is 13.5. The van der Waals surface area contributed by atoms with Crippen LogP contribution in [0.15, 0.2) is 29.3 Å². The Kier molecular flexibility index (Phi) is 8.91. The van der Waals surface area contributed by atoms with Crippen molar-refractivity contribution in [2.75, 3.05) is 33.2 Å². The van der Waals surface area contributed by atoms with Crippen molar-refractivity contribution in [1.82, 2.24) is 15.5 Å². The molecule has 25 heavy (non-hydrogen) atoms. The molecule has 0 amide bonds. The lowest BCUT2D eigenvalue weighted by atomic mass is 10.1. The summed E-state index contributed by atoms with van der Waals surface area (Å²) in [5.74, 6) is 0.269. The Labute approximate surface area is 162 Å². The molecule has 2 rings (SSSR count). The molecule has 1 aliphatic rings. The zero-order chi connectivity index (χ0) is 17.6. The van der Waals surface area contributed by atoms with Crippen molar-refractivity contribution >= 4 is 29.9 Å². The highest BCUT2D eigenvalue weighted by Gasteiger charge is 2.34. The summed E-state index contributed by atoms with van der Waals surface area (Å²) in [6.07, 6.45) is -3.04. The van der Waals surface area contributed by atoms with Gasteiger partial charge in [0.1, 0.15) is 5.82 Å². The first-order valence-corrected chi connectivity index (χ1v) is 7.87. The van der Waals surface area contributed by atoms with Crippen molar-refractivity contribution in [3.05, 3.63) is 35.6 Å². The van der Waals surface area contributed by atoms with Gasteiger partial charge in [-0.25, -0.2) is 4.39 Å². The molecule has 1 atom stereocenters. The Hall–Kier alpha value is -1.10. The van der Waals surface area contributed by atoms with E-state index in [-0.39, 0.29) is 35.8 Å². The van der Waals surface area contributed by atoms with Gasteiger partial charge in [0.2, 0.25) is 0 Å². The lowest BCUT2D eigenvalue weighted by Gasteiger charge is -2.19. The van der Waals surface area contributed by atoms with Gasteiger partial charge in [-0.05, 0) is 24.5 Å². The molecule has 4 nitrogen and oxygen atoms in total. The van der Waals surface area contributed by atoms with Crippen molar-refractivity contribution in [1.29, 1.82) is 0 Å². The molecule has 2 N–H and O–H groups in total. The summed E-state index contributed by atoms with van der Waals surface area (Å²) in [7, 11) is 1.60. The van der Waals surface area contributed by atoms with Gasteiger partial charge < -0.3 is 10.6 Å². The topological polar surface area (TPSA) is 39.7 Å². The van der Waals surface area contributed by atoms with Gasteiger partial charge in [-0.15, -0.1) is 24.0 Å². The molecule has 1 unspecified atom stereocenters. The summed E-state index contributed by atoms with van der Waals surface area (Å²) in [6.45, 7) is 0.334. The average molecular weight is 474 g/mol. The van der Waals surface area contributed by atoms with Crippen LogP contribution < -0.4 is 10.6 Å². The molecule has 1 aliphatic heterocycles. The highest BCUT2D eigenvalue weighted by Crippen LogP contribution is 2.19. The van der Waals surface area contributed by atoms with E-state index in [1.54, 1.807) is 25.2 Å². The van der Waals surface area contributed by atoms with Gasteiger partial charge in [-0.3, -0.25) is 9.89 Å². The van der Waals surface area contributed by atoms with Gasteiger partial charge in [-0.1, -0.05) is 18.2 Å². The van der Waals surface area contributed by atoms with Crippen molar-refractivity contribution in [2.24, 2.45) is 4.99 Å². The summed E-state index contributed by atoms with van der Waals surface area (Å²) in [4.78, 5) is 5.44. The zero-order valence-corrected chi connectivity index (χ0v) is 16.3. The van der Waals surface area contributed by atoms with E-state index in [2.05, 4.69) is 15.6 Å². The van der Waals surface area contributed by atoms with Crippen LogP contribution >= 0.6 is 24.0 Å². The predicted octanol–water partition coefficient (Wildman–Crippen LogP) is 2.79. The largest absolute Gasteiger partial charge is 0.401 e. The fourth-order valence-corrected chi connectivity index (χ4v) is 2.75. The molecule has 1 aromatic carbocycles. The van der Waals surface area contributed by atoms with E-state index in [0.717, 1.165) is 0 Å². The summed E-state index contributed by atoms with van der Waals surface area (Å²) < 4.78 is 50.7. The lowest BCUT2D eigenvalue weighted by Crippen LogP contribution is -2.45. The van der Waals surface area contributed by atoms with Crippen molar-refractivity contribution < 1.29 is 17.6 Å². The Morgan fingerprint density at radius 2 is 2.04 bits per heavy atom. The lowest BCUT2D eigenvalue weighted by molar-refractivity contribution is -0.143. The van der Waals surface area contributed by atoms with Crippen LogP contribution in [0.1, 0.15) is 12.0 Å². The van der Waals surface area contributed by atoms with Crippen LogP contribution in [-0.4, -0.2) is 56.3 Å². The Morgan fingerprint density at radius 1 is 1.32 bits per heavy atom. The minimum Gasteiger partial charge on any atom is -0.356 e. The number of rotatable bonds is 5. The fraction of sp³-hybridized carbons (Fsp3) is 0.562. The van der Waals surface area contributed by atoms with Crippen LogP contribution in [0.3, 0.4) is 0 Å². The fourth-order valence-electron chi connectivity index (χ4n) is 2.75. The predicted molar refractivity (Wildman–Crippen MR) is 101 cm³/mol. The van der Waals surface area contributed by atoms with Crippen LogP contribution in [-0.2, 0) is 6.42 Å². The van der Waals surface area contributed by atoms with E-state index in [9.17, 15) is 17.6 Å². The second-order valence-electron chi connectivity index (χ2n) is 5.82. The van der Waals surface area contributed by atoms with Gasteiger partial charge >= 0.3 is 6.18 Å². The second-order valence-corrected chi connectivity index (χ2v) is 5.82. The van der Waals surface area contributed by atoms with E-state index in [0.29, 0.717) is 44.0 Å². The number of hydrogen-bond donors (Lipinski definition) is 2. The van der Waals surface area contributed by atoms with Gasteiger partial charge in [-0.2, -0.15) is 13.2 Å². The molecular weight excluding hydrogens is 451 g/mol. The van der Waals surface area contributed by atoms with Crippen LogP contribution in [0.4, 0.5) is 17.6 Å². The number of aliphatic imine (C=N–C) groups is 1. The monoisotopic (exact) mass is 474 g/mol. The Balaban J connectivity index is 0.00000312. The molecule has 0 aromatic heterocycles. The smallest absolute Gasteiger partial charge is 0.356 e. The van der Waals surface area contributed by atoms with Gasteiger partial charge in [0.25, 0.3) is 0 Å². The number of benzene rings is 1. The van der Waals surface area contributed by atoms with Crippen LogP contribution in [0, 0.1) is 5.82 Å². The highest BCUT2D eigenvalue weighted by molar-refractivity contribution is 14.0. The van der Waals surface area contributed by atoms with E-state index >= 15 is 0 Å². The normalized spacial score (nSPS) is 18.8. The third-order valence-electron chi connectivity index (χ3n) is 3.88. The van der Waals surface area contributed by atoms with E-state index in [4.69, 9.17) is 0 Å². The number of halogens is 5. The standard InChI is InChI=1S/C16H22F4N4.HI/c1-21-15(22-8-6-12-4-2-3-5-14(12)17)23-13-7-9-24(10-13)11-16(18,19)20;/h2-5,13H,6-11H2,1H3,(H2,21,22,23);1H. The molecule has 1 heterocycles. The molecule has 0 aliphatic carbocycles. The first kappa shape index (κ1) is 21.9. The third kappa shape index (κ3) is 7.76. The third-order valence-corrected chi connectivity index (χ3v) is 3.88. The molecule has 9 heteroatoms. The minimum absolute atomic E-state index is 0. The quantitative estimate of drug-likeness (QED) is 0.299. The Morgan fingerprint density at radius 3 is 2.68 bits per heavy atom. The average Bonchev–Trinajstić information content (AvgIpc) is 2.93. The van der Waals surface area contributed by atoms with Crippen LogP contribution in [0.2, 0.25) is 0 Å². The summed E-state index contributed by atoms with van der Waals surface area (Å²) >= 11 is 0. The zero-order valence-electron chi connectivity index (χ0n) is 13.9. The molecule has 0 radical (unpaired) electrons. The number of hydrogen-bond acceptors (Lipinski definition) is 2. The van der Waals surface area contributed by atoms with Gasteiger partial charge in [0, 0.05) is 32.7 Å². The maximum Gasteiger partial charge on any atom is 0.401 e. The first-order chi connectivity index (χ1) is 11.4. The molecule has 0 spiro atoms. The molecule has 142 valence electrons. The van der Waals surface area contributed by atoms with Crippen molar-refractivity contribution in [2.45, 2.75) is 25.1 Å². The van der Waals surface area contributed by atoms with Crippen LogP contribution in [0.25, 0.3) is 0 Å². The molecular formula is C16H23F4IN4. The van der Waals surface area contributed by atoms with Crippen molar-refractivity contribution in [3.8, 4) is 0 Å². The summed E-state index contributed by atoms with van der Waals surface area (Å²) in [5.41, 5.74) is 0.609. The van der Waals surface area contributed by atoms with E-state index in [1.165, 1.54) is 11.0 Å². The number of nitrogens with one attached hydrogen (secondary N) is 2. The molecule has 1 fully saturated rings. The van der Waals surface area contributed by atoms with Gasteiger partial charge in [0.05, 0.1) is 6.54 Å². The number of guanidine groups is 1. The van der Waals surface area contributed by atoms with Crippen LogP contribution in [0.5, 0.6) is 0 Å². The van der Waals surface area contributed by atoms with Gasteiger partial charge in [0.15, 0.2) is 5.96 Å². The summed E-state index contributed by atoms with van der Waals surface area (Å²) in [6, 6.07) is 6.47.